The Morgan fingerprint density at radius 1 is 1.10 bits per heavy atom. The van der Waals surface area contributed by atoms with Crippen molar-refractivity contribution in [2.24, 2.45) is 0 Å². The van der Waals surface area contributed by atoms with E-state index in [0.29, 0.717) is 19.5 Å². The van der Waals surface area contributed by atoms with Crippen molar-refractivity contribution in [2.75, 3.05) is 17.4 Å². The third kappa shape index (κ3) is 5.41. The van der Waals surface area contributed by atoms with Crippen LogP contribution in [0.5, 0.6) is 0 Å². The number of benzene rings is 2. The fourth-order valence-corrected chi connectivity index (χ4v) is 4.18. The molecule has 7 nitrogen and oxygen atoms in total. The highest BCUT2D eigenvalue weighted by Gasteiger charge is 2.27. The minimum Gasteiger partial charge on any atom is -0.354 e. The van der Waals surface area contributed by atoms with E-state index in [-0.39, 0.29) is 10.6 Å². The first kappa shape index (κ1) is 20.5. The second-order valence-electron chi connectivity index (χ2n) is 6.31. The van der Waals surface area contributed by atoms with Gasteiger partial charge in [0, 0.05) is 25.5 Å². The van der Waals surface area contributed by atoms with E-state index >= 15 is 0 Å². The summed E-state index contributed by atoms with van der Waals surface area (Å²) in [6, 6.07) is 12.8. The van der Waals surface area contributed by atoms with Crippen LogP contribution in [0, 0.1) is 5.82 Å². The van der Waals surface area contributed by atoms with Gasteiger partial charge in [0.15, 0.2) is 0 Å². The highest BCUT2D eigenvalue weighted by molar-refractivity contribution is 7.92. The molecule has 0 atom stereocenters. The molecule has 0 spiro atoms. The van der Waals surface area contributed by atoms with Gasteiger partial charge in [-0.05, 0) is 42.8 Å². The zero-order valence-corrected chi connectivity index (χ0v) is 16.4. The normalized spacial score (nSPS) is 11.2. The quantitative estimate of drug-likeness (QED) is 0.543. The van der Waals surface area contributed by atoms with Gasteiger partial charge in [-0.15, -0.1) is 0 Å². The maximum Gasteiger partial charge on any atom is 0.264 e. The SMILES string of the molecule is O=C(CN(c1ccc(F)cc1)S(=O)(=O)c1ccccc1)NCCCn1ccnc1. The maximum absolute atomic E-state index is 13.3. The van der Waals surface area contributed by atoms with Crippen molar-refractivity contribution >= 4 is 21.6 Å². The lowest BCUT2D eigenvalue weighted by Gasteiger charge is -2.24. The van der Waals surface area contributed by atoms with Crippen LogP contribution in [-0.4, -0.2) is 37.0 Å². The van der Waals surface area contributed by atoms with Gasteiger partial charge in [-0.25, -0.2) is 17.8 Å². The summed E-state index contributed by atoms with van der Waals surface area (Å²) in [7, 11) is -3.99. The number of rotatable bonds is 9. The van der Waals surface area contributed by atoms with Crippen molar-refractivity contribution < 1.29 is 17.6 Å². The van der Waals surface area contributed by atoms with Gasteiger partial charge in [-0.3, -0.25) is 9.10 Å². The minimum absolute atomic E-state index is 0.0530. The molecule has 0 aliphatic carbocycles. The van der Waals surface area contributed by atoms with E-state index < -0.39 is 28.3 Å². The standard InChI is InChI=1S/C20H21FN4O3S/c21-17-7-9-18(10-8-17)25(29(27,28)19-5-2-1-3-6-19)15-20(26)23-11-4-13-24-14-12-22-16-24/h1-3,5-10,12,14,16H,4,11,13,15H2,(H,23,26). The Bertz CT molecular complexity index is 1020. The van der Waals surface area contributed by atoms with Crippen LogP contribution in [-0.2, 0) is 21.4 Å². The predicted molar refractivity (Wildman–Crippen MR) is 107 cm³/mol. The molecule has 0 fully saturated rings. The zero-order chi connectivity index (χ0) is 20.7. The fraction of sp³-hybridized carbons (Fsp3) is 0.200. The van der Waals surface area contributed by atoms with Crippen LogP contribution in [0.2, 0.25) is 0 Å². The number of hydrogen-bond acceptors (Lipinski definition) is 4. The largest absolute Gasteiger partial charge is 0.354 e. The number of nitrogens with zero attached hydrogens (tertiary/aromatic N) is 3. The molecular formula is C20H21FN4O3S. The van der Waals surface area contributed by atoms with Crippen LogP contribution >= 0.6 is 0 Å². The van der Waals surface area contributed by atoms with E-state index in [1.54, 1.807) is 30.7 Å². The van der Waals surface area contributed by atoms with E-state index in [4.69, 9.17) is 0 Å². The number of halogens is 1. The molecule has 0 radical (unpaired) electrons. The van der Waals surface area contributed by atoms with Crippen LogP contribution in [0.4, 0.5) is 10.1 Å². The Morgan fingerprint density at radius 2 is 1.83 bits per heavy atom. The number of sulfonamides is 1. The molecule has 152 valence electrons. The van der Waals surface area contributed by atoms with E-state index in [2.05, 4.69) is 10.3 Å². The first-order chi connectivity index (χ1) is 14.0. The number of nitrogens with one attached hydrogen (secondary N) is 1. The van der Waals surface area contributed by atoms with Gasteiger partial charge in [-0.2, -0.15) is 0 Å². The summed E-state index contributed by atoms with van der Waals surface area (Å²) in [5.41, 5.74) is 0.212. The van der Waals surface area contributed by atoms with Crippen LogP contribution in [0.25, 0.3) is 0 Å². The van der Waals surface area contributed by atoms with E-state index in [1.165, 1.54) is 24.3 Å². The average molecular weight is 416 g/mol. The molecule has 3 aromatic rings. The summed E-state index contributed by atoms with van der Waals surface area (Å²) in [6.07, 6.45) is 5.85. The molecule has 1 aromatic heterocycles. The monoisotopic (exact) mass is 416 g/mol. The molecule has 1 heterocycles. The molecule has 0 unspecified atom stereocenters. The van der Waals surface area contributed by atoms with Crippen LogP contribution in [0.15, 0.2) is 78.2 Å². The van der Waals surface area contributed by atoms with Gasteiger partial charge in [-0.1, -0.05) is 18.2 Å². The lowest BCUT2D eigenvalue weighted by atomic mass is 10.3. The summed E-state index contributed by atoms with van der Waals surface area (Å²) < 4.78 is 42.3. The Morgan fingerprint density at radius 3 is 2.48 bits per heavy atom. The molecule has 0 saturated heterocycles. The third-order valence-corrected chi connectivity index (χ3v) is 6.00. The van der Waals surface area contributed by atoms with Gasteiger partial charge in [0.2, 0.25) is 5.91 Å². The highest BCUT2D eigenvalue weighted by Crippen LogP contribution is 2.23. The number of carbonyl (C=O) groups excluding carboxylic acids is 1. The molecule has 0 aliphatic heterocycles. The maximum atomic E-state index is 13.3. The average Bonchev–Trinajstić information content (AvgIpc) is 3.24. The second-order valence-corrected chi connectivity index (χ2v) is 8.17. The van der Waals surface area contributed by atoms with Crippen molar-refractivity contribution in [1.82, 2.24) is 14.9 Å². The first-order valence-electron chi connectivity index (χ1n) is 9.02. The summed E-state index contributed by atoms with van der Waals surface area (Å²) in [5, 5.41) is 2.73. The summed E-state index contributed by atoms with van der Waals surface area (Å²) in [4.78, 5) is 16.4. The Balaban J connectivity index is 1.71. The van der Waals surface area contributed by atoms with E-state index in [9.17, 15) is 17.6 Å². The molecular weight excluding hydrogens is 395 g/mol. The minimum atomic E-state index is -3.99. The molecule has 0 aliphatic rings. The number of carbonyl (C=O) groups is 1. The molecule has 1 N–H and O–H groups in total. The van der Waals surface area contributed by atoms with E-state index in [0.717, 1.165) is 16.4 Å². The summed E-state index contributed by atoms with van der Waals surface area (Å²) in [6.45, 7) is 0.665. The van der Waals surface area contributed by atoms with Crippen molar-refractivity contribution in [3.63, 3.8) is 0 Å². The lowest BCUT2D eigenvalue weighted by Crippen LogP contribution is -2.41. The first-order valence-corrected chi connectivity index (χ1v) is 10.5. The molecule has 3 rings (SSSR count). The van der Waals surface area contributed by atoms with Crippen molar-refractivity contribution in [2.45, 2.75) is 17.9 Å². The van der Waals surface area contributed by atoms with Crippen LogP contribution in [0.3, 0.4) is 0 Å². The van der Waals surface area contributed by atoms with Crippen molar-refractivity contribution in [1.29, 1.82) is 0 Å². The van der Waals surface area contributed by atoms with Crippen LogP contribution < -0.4 is 9.62 Å². The molecule has 29 heavy (non-hydrogen) atoms. The van der Waals surface area contributed by atoms with Gasteiger partial charge in [0.05, 0.1) is 16.9 Å². The number of imidazole rings is 1. The van der Waals surface area contributed by atoms with Crippen LogP contribution in [0.1, 0.15) is 6.42 Å². The Hall–Kier alpha value is -3.20. The number of aromatic nitrogens is 2. The van der Waals surface area contributed by atoms with Gasteiger partial charge < -0.3 is 9.88 Å². The number of aryl methyl sites for hydroxylation is 1. The van der Waals surface area contributed by atoms with Crippen molar-refractivity contribution in [3.05, 3.63) is 79.1 Å². The number of hydrogen-bond donors (Lipinski definition) is 1. The third-order valence-electron chi connectivity index (χ3n) is 4.21. The predicted octanol–water partition coefficient (Wildman–Crippen LogP) is 2.42. The molecule has 2 aromatic carbocycles. The molecule has 1 amide bonds. The summed E-state index contributed by atoms with van der Waals surface area (Å²) >= 11 is 0. The Kier molecular flexibility index (Phi) is 6.61. The van der Waals surface area contributed by atoms with Crippen molar-refractivity contribution in [3.8, 4) is 0 Å². The lowest BCUT2D eigenvalue weighted by molar-refractivity contribution is -0.119. The molecule has 0 bridgehead atoms. The number of amides is 1. The molecule has 9 heteroatoms. The topological polar surface area (TPSA) is 84.3 Å². The smallest absolute Gasteiger partial charge is 0.264 e. The fourth-order valence-electron chi connectivity index (χ4n) is 2.74. The zero-order valence-electron chi connectivity index (χ0n) is 15.6. The Labute approximate surface area is 168 Å². The number of anilines is 1. The van der Waals surface area contributed by atoms with Gasteiger partial charge in [0.25, 0.3) is 10.0 Å². The summed E-state index contributed by atoms with van der Waals surface area (Å²) in [5.74, 6) is -0.936. The second kappa shape index (κ2) is 9.33. The van der Waals surface area contributed by atoms with Gasteiger partial charge >= 0.3 is 0 Å². The van der Waals surface area contributed by atoms with Gasteiger partial charge in [0.1, 0.15) is 12.4 Å². The van der Waals surface area contributed by atoms with E-state index in [1.807, 2.05) is 10.8 Å². The molecule has 0 saturated carbocycles. The highest BCUT2D eigenvalue weighted by atomic mass is 32.2.